The zero-order valence-corrected chi connectivity index (χ0v) is 9.01. The standard InChI is InChI=1S/C11H11N3O2/c1-7-6-13-14(8(7)2)10-5-9(11(15)16)3-4-12-10/h3-6H,1-2H3,(H,15,16). The topological polar surface area (TPSA) is 68.0 Å². The monoisotopic (exact) mass is 217 g/mol. The van der Waals surface area contributed by atoms with E-state index in [4.69, 9.17) is 5.11 Å². The van der Waals surface area contributed by atoms with Gasteiger partial charge in [-0.3, -0.25) is 0 Å². The molecular weight excluding hydrogens is 206 g/mol. The Hall–Kier alpha value is -2.17. The summed E-state index contributed by atoms with van der Waals surface area (Å²) in [5.74, 6) is -0.448. The van der Waals surface area contributed by atoms with Crippen molar-refractivity contribution < 1.29 is 9.90 Å². The summed E-state index contributed by atoms with van der Waals surface area (Å²) >= 11 is 0. The number of nitrogens with zero attached hydrogens (tertiary/aromatic N) is 3. The molecule has 0 aliphatic heterocycles. The summed E-state index contributed by atoms with van der Waals surface area (Å²) < 4.78 is 1.63. The molecule has 5 nitrogen and oxygen atoms in total. The number of aromatic nitrogens is 3. The van der Waals surface area contributed by atoms with Crippen LogP contribution in [0.2, 0.25) is 0 Å². The molecule has 2 rings (SSSR count). The summed E-state index contributed by atoms with van der Waals surface area (Å²) in [7, 11) is 0. The summed E-state index contributed by atoms with van der Waals surface area (Å²) in [4.78, 5) is 14.9. The number of hydrogen-bond donors (Lipinski definition) is 1. The second-order valence-corrected chi connectivity index (χ2v) is 3.53. The van der Waals surface area contributed by atoms with Crippen LogP contribution in [0.4, 0.5) is 0 Å². The van der Waals surface area contributed by atoms with E-state index in [9.17, 15) is 4.79 Å². The molecule has 0 amide bonds. The van der Waals surface area contributed by atoms with Gasteiger partial charge in [0.25, 0.3) is 0 Å². The molecule has 2 aromatic heterocycles. The predicted octanol–water partition coefficient (Wildman–Crippen LogP) is 1.58. The highest BCUT2D eigenvalue weighted by atomic mass is 16.4. The third-order valence-corrected chi connectivity index (χ3v) is 2.46. The lowest BCUT2D eigenvalue weighted by Crippen LogP contribution is -2.04. The SMILES string of the molecule is Cc1cnn(-c2cc(C(=O)O)ccn2)c1C. The van der Waals surface area contributed by atoms with Crippen LogP contribution in [0.25, 0.3) is 5.82 Å². The first-order chi connectivity index (χ1) is 7.59. The number of carbonyl (C=O) groups is 1. The lowest BCUT2D eigenvalue weighted by Gasteiger charge is -2.04. The summed E-state index contributed by atoms with van der Waals surface area (Å²) in [6.45, 7) is 3.86. The Morgan fingerprint density at radius 1 is 1.44 bits per heavy atom. The Kier molecular flexibility index (Phi) is 2.44. The summed E-state index contributed by atoms with van der Waals surface area (Å²) in [5, 5.41) is 13.0. The lowest BCUT2D eigenvalue weighted by molar-refractivity contribution is 0.0696. The average molecular weight is 217 g/mol. The Balaban J connectivity index is 2.52. The van der Waals surface area contributed by atoms with Crippen LogP contribution in [0.3, 0.4) is 0 Å². The normalized spacial score (nSPS) is 10.4. The van der Waals surface area contributed by atoms with Crippen molar-refractivity contribution in [2.45, 2.75) is 13.8 Å². The van der Waals surface area contributed by atoms with Crippen LogP contribution in [0.1, 0.15) is 21.6 Å². The molecule has 0 fully saturated rings. The molecule has 0 spiro atoms. The maximum atomic E-state index is 10.8. The van der Waals surface area contributed by atoms with E-state index in [1.54, 1.807) is 10.9 Å². The van der Waals surface area contributed by atoms with E-state index < -0.39 is 5.97 Å². The molecule has 0 aliphatic rings. The number of aryl methyl sites for hydroxylation is 1. The van der Waals surface area contributed by atoms with Crippen molar-refractivity contribution >= 4 is 5.97 Å². The zero-order valence-electron chi connectivity index (χ0n) is 9.01. The molecule has 0 aliphatic carbocycles. The molecular formula is C11H11N3O2. The summed E-state index contributed by atoms with van der Waals surface area (Å²) in [6.07, 6.45) is 3.19. The number of rotatable bonds is 2. The van der Waals surface area contributed by atoms with Crippen LogP contribution in [0.5, 0.6) is 0 Å². The van der Waals surface area contributed by atoms with Gasteiger partial charge in [-0.1, -0.05) is 0 Å². The van der Waals surface area contributed by atoms with Crippen molar-refractivity contribution in [2.75, 3.05) is 0 Å². The van der Waals surface area contributed by atoms with E-state index in [0.717, 1.165) is 11.3 Å². The summed E-state index contributed by atoms with van der Waals surface area (Å²) in [5.41, 5.74) is 2.20. The Morgan fingerprint density at radius 2 is 2.19 bits per heavy atom. The molecule has 0 unspecified atom stereocenters. The molecule has 0 saturated heterocycles. The molecule has 0 bridgehead atoms. The molecule has 2 heterocycles. The van der Waals surface area contributed by atoms with Gasteiger partial charge in [0, 0.05) is 11.9 Å². The molecule has 82 valence electrons. The van der Waals surface area contributed by atoms with Gasteiger partial charge in [-0.05, 0) is 31.5 Å². The van der Waals surface area contributed by atoms with E-state index in [-0.39, 0.29) is 5.56 Å². The van der Waals surface area contributed by atoms with E-state index in [1.807, 2.05) is 13.8 Å². The third kappa shape index (κ3) is 1.67. The van der Waals surface area contributed by atoms with Gasteiger partial charge in [-0.15, -0.1) is 0 Å². The Bertz CT molecular complexity index is 546. The van der Waals surface area contributed by atoms with Gasteiger partial charge in [-0.2, -0.15) is 5.10 Å². The van der Waals surface area contributed by atoms with Crippen LogP contribution in [0, 0.1) is 13.8 Å². The third-order valence-electron chi connectivity index (χ3n) is 2.46. The van der Waals surface area contributed by atoms with Crippen LogP contribution in [-0.2, 0) is 0 Å². The van der Waals surface area contributed by atoms with Crippen molar-refractivity contribution in [3.63, 3.8) is 0 Å². The van der Waals surface area contributed by atoms with Crippen LogP contribution in [-0.4, -0.2) is 25.8 Å². The second-order valence-electron chi connectivity index (χ2n) is 3.53. The van der Waals surface area contributed by atoms with Crippen molar-refractivity contribution in [3.8, 4) is 5.82 Å². The smallest absolute Gasteiger partial charge is 0.335 e. The fourth-order valence-corrected chi connectivity index (χ4v) is 1.39. The van der Waals surface area contributed by atoms with Crippen LogP contribution >= 0.6 is 0 Å². The molecule has 0 radical (unpaired) electrons. The first-order valence-corrected chi connectivity index (χ1v) is 4.80. The van der Waals surface area contributed by atoms with Gasteiger partial charge in [0.1, 0.15) is 0 Å². The maximum absolute atomic E-state index is 10.8. The highest BCUT2D eigenvalue weighted by Crippen LogP contribution is 2.12. The van der Waals surface area contributed by atoms with E-state index in [2.05, 4.69) is 10.1 Å². The number of carboxylic acid groups (broad SMARTS) is 1. The first kappa shape index (κ1) is 10.4. The van der Waals surface area contributed by atoms with Crippen molar-refractivity contribution in [1.29, 1.82) is 0 Å². The molecule has 0 saturated carbocycles. The van der Waals surface area contributed by atoms with Crippen molar-refractivity contribution in [3.05, 3.63) is 41.3 Å². The predicted molar refractivity (Wildman–Crippen MR) is 57.8 cm³/mol. The molecule has 2 aromatic rings. The highest BCUT2D eigenvalue weighted by Gasteiger charge is 2.09. The molecule has 0 aromatic carbocycles. The largest absolute Gasteiger partial charge is 0.478 e. The highest BCUT2D eigenvalue weighted by molar-refractivity contribution is 5.87. The van der Waals surface area contributed by atoms with Gasteiger partial charge >= 0.3 is 5.97 Å². The van der Waals surface area contributed by atoms with Crippen LogP contribution < -0.4 is 0 Å². The molecule has 1 N–H and O–H groups in total. The minimum atomic E-state index is -0.967. The van der Waals surface area contributed by atoms with E-state index in [0.29, 0.717) is 5.82 Å². The van der Waals surface area contributed by atoms with Gasteiger partial charge < -0.3 is 5.11 Å². The zero-order chi connectivity index (χ0) is 11.7. The number of aromatic carboxylic acids is 1. The van der Waals surface area contributed by atoms with Gasteiger partial charge in [0.15, 0.2) is 5.82 Å². The van der Waals surface area contributed by atoms with Gasteiger partial charge in [0.2, 0.25) is 0 Å². The lowest BCUT2D eigenvalue weighted by atomic mass is 10.2. The number of hydrogen-bond acceptors (Lipinski definition) is 3. The Morgan fingerprint density at radius 3 is 2.75 bits per heavy atom. The van der Waals surface area contributed by atoms with E-state index in [1.165, 1.54) is 18.3 Å². The quantitative estimate of drug-likeness (QED) is 0.829. The fraction of sp³-hybridized carbons (Fsp3) is 0.182. The van der Waals surface area contributed by atoms with Gasteiger partial charge in [0.05, 0.1) is 11.8 Å². The Labute approximate surface area is 92.4 Å². The van der Waals surface area contributed by atoms with E-state index >= 15 is 0 Å². The van der Waals surface area contributed by atoms with Crippen molar-refractivity contribution in [2.24, 2.45) is 0 Å². The van der Waals surface area contributed by atoms with Gasteiger partial charge in [-0.25, -0.2) is 14.5 Å². The van der Waals surface area contributed by atoms with Crippen molar-refractivity contribution in [1.82, 2.24) is 14.8 Å². The first-order valence-electron chi connectivity index (χ1n) is 4.80. The number of carboxylic acids is 1. The van der Waals surface area contributed by atoms with Crippen LogP contribution in [0.15, 0.2) is 24.5 Å². The average Bonchev–Trinajstić information content (AvgIpc) is 2.60. The maximum Gasteiger partial charge on any atom is 0.335 e. The minimum Gasteiger partial charge on any atom is -0.478 e. The second kappa shape index (κ2) is 3.77. The molecule has 5 heteroatoms. The fourth-order valence-electron chi connectivity index (χ4n) is 1.39. The number of pyridine rings is 1. The molecule has 0 atom stereocenters. The molecule has 16 heavy (non-hydrogen) atoms. The summed E-state index contributed by atoms with van der Waals surface area (Å²) in [6, 6.07) is 2.96. The minimum absolute atomic E-state index is 0.206.